The maximum absolute atomic E-state index is 13.2. The van der Waals surface area contributed by atoms with Crippen molar-refractivity contribution >= 4 is 17.1 Å². The summed E-state index contributed by atoms with van der Waals surface area (Å²) in [7, 11) is 0. The fraction of sp³-hybridized carbons (Fsp3) is 0.435. The third-order valence-corrected chi connectivity index (χ3v) is 5.69. The zero-order valence-corrected chi connectivity index (χ0v) is 17.3. The average Bonchev–Trinajstić information content (AvgIpc) is 3.05. The summed E-state index contributed by atoms with van der Waals surface area (Å²) in [6, 6.07) is 11.5. The van der Waals surface area contributed by atoms with E-state index in [9.17, 15) is 9.59 Å². The van der Waals surface area contributed by atoms with E-state index >= 15 is 0 Å². The Hall–Kier alpha value is -3.09. The molecular weight excluding hydrogens is 380 g/mol. The van der Waals surface area contributed by atoms with Crippen LogP contribution in [0.4, 0.5) is 0 Å². The number of pyridine rings is 1. The molecule has 7 heteroatoms. The molecular formula is C23H28N4O3. The number of nitrogens with zero attached hydrogens (tertiary/aromatic N) is 3. The zero-order chi connectivity index (χ0) is 20.9. The molecule has 158 valence electrons. The topological polar surface area (TPSA) is 78.1 Å². The molecule has 1 N–H and O–H groups in total. The molecule has 1 aromatic carbocycles. The Balaban J connectivity index is 1.50. The molecule has 2 aromatic heterocycles. The van der Waals surface area contributed by atoms with Crippen LogP contribution in [0.1, 0.15) is 50.6 Å². The standard InChI is InChI=1S/C23H28N4O3/c1-2-30-19-12-10-17(11-13-19)15-25-21(28)16-26-20-9-6-14-24-22(20)27(23(26)29)18-7-4-3-5-8-18/h6,9-14,18H,2-5,7-8,15-16H2,1H3,(H,25,28). The highest BCUT2D eigenvalue weighted by atomic mass is 16.5. The lowest BCUT2D eigenvalue weighted by Gasteiger charge is -2.22. The summed E-state index contributed by atoms with van der Waals surface area (Å²) in [5, 5.41) is 2.91. The Morgan fingerprint density at radius 3 is 2.67 bits per heavy atom. The van der Waals surface area contributed by atoms with Crippen LogP contribution >= 0.6 is 0 Å². The van der Waals surface area contributed by atoms with E-state index < -0.39 is 0 Å². The number of benzene rings is 1. The minimum absolute atomic E-state index is 0.0161. The van der Waals surface area contributed by atoms with Gasteiger partial charge in [0.15, 0.2) is 5.65 Å². The predicted octanol–water partition coefficient (Wildman–Crippen LogP) is 3.42. The van der Waals surface area contributed by atoms with E-state index in [-0.39, 0.29) is 24.2 Å². The maximum Gasteiger partial charge on any atom is 0.331 e. The minimum Gasteiger partial charge on any atom is -0.494 e. The van der Waals surface area contributed by atoms with Crippen LogP contribution in [0.5, 0.6) is 5.75 Å². The van der Waals surface area contributed by atoms with E-state index in [1.54, 1.807) is 21.4 Å². The Bertz CT molecular complexity index is 1060. The van der Waals surface area contributed by atoms with Gasteiger partial charge in [-0.1, -0.05) is 31.4 Å². The van der Waals surface area contributed by atoms with Crippen LogP contribution in [0.25, 0.3) is 11.2 Å². The van der Waals surface area contributed by atoms with Gasteiger partial charge in [0.2, 0.25) is 5.91 Å². The van der Waals surface area contributed by atoms with Gasteiger partial charge in [0.25, 0.3) is 0 Å². The van der Waals surface area contributed by atoms with Crippen LogP contribution in [-0.2, 0) is 17.9 Å². The van der Waals surface area contributed by atoms with Crippen molar-refractivity contribution in [2.24, 2.45) is 0 Å². The molecule has 2 heterocycles. The van der Waals surface area contributed by atoms with E-state index in [1.165, 1.54) is 6.42 Å². The molecule has 3 aromatic rings. The summed E-state index contributed by atoms with van der Waals surface area (Å²) in [4.78, 5) is 30.3. The van der Waals surface area contributed by atoms with Crippen molar-refractivity contribution < 1.29 is 9.53 Å². The molecule has 0 bridgehead atoms. The van der Waals surface area contributed by atoms with Gasteiger partial charge >= 0.3 is 5.69 Å². The lowest BCUT2D eigenvalue weighted by Crippen LogP contribution is -2.34. The number of carbonyl (C=O) groups is 1. The number of amides is 1. The first-order valence-corrected chi connectivity index (χ1v) is 10.7. The number of hydrogen-bond acceptors (Lipinski definition) is 4. The van der Waals surface area contributed by atoms with Gasteiger partial charge in [0, 0.05) is 18.8 Å². The Labute approximate surface area is 175 Å². The summed E-state index contributed by atoms with van der Waals surface area (Å²) in [5.74, 6) is 0.611. The third-order valence-electron chi connectivity index (χ3n) is 5.69. The van der Waals surface area contributed by atoms with Crippen molar-refractivity contribution in [1.82, 2.24) is 19.4 Å². The van der Waals surface area contributed by atoms with Crippen molar-refractivity contribution in [2.45, 2.75) is 58.2 Å². The minimum atomic E-state index is -0.197. The summed E-state index contributed by atoms with van der Waals surface area (Å²) in [5.41, 5.74) is 2.22. The molecule has 1 aliphatic carbocycles. The quantitative estimate of drug-likeness (QED) is 0.650. The molecule has 30 heavy (non-hydrogen) atoms. The van der Waals surface area contributed by atoms with E-state index in [2.05, 4.69) is 10.3 Å². The van der Waals surface area contributed by atoms with Gasteiger partial charge < -0.3 is 10.1 Å². The van der Waals surface area contributed by atoms with Crippen LogP contribution in [0.2, 0.25) is 0 Å². The summed E-state index contributed by atoms with van der Waals surface area (Å²) in [6.07, 6.45) is 7.14. The van der Waals surface area contributed by atoms with Crippen LogP contribution in [0, 0.1) is 0 Å². The third kappa shape index (κ3) is 4.25. The first-order chi connectivity index (χ1) is 14.7. The fourth-order valence-corrected chi connectivity index (χ4v) is 4.20. The fourth-order valence-electron chi connectivity index (χ4n) is 4.20. The highest BCUT2D eigenvalue weighted by Crippen LogP contribution is 2.29. The van der Waals surface area contributed by atoms with Gasteiger partial charge in [-0.05, 0) is 49.6 Å². The molecule has 0 unspecified atom stereocenters. The summed E-state index contributed by atoms with van der Waals surface area (Å²) in [6.45, 7) is 2.95. The van der Waals surface area contributed by atoms with Crippen LogP contribution < -0.4 is 15.7 Å². The van der Waals surface area contributed by atoms with Crippen LogP contribution in [0.15, 0.2) is 47.4 Å². The second-order valence-corrected chi connectivity index (χ2v) is 7.73. The maximum atomic E-state index is 13.2. The van der Waals surface area contributed by atoms with Gasteiger partial charge in [-0.2, -0.15) is 0 Å². The predicted molar refractivity (Wildman–Crippen MR) is 116 cm³/mol. The number of nitrogens with one attached hydrogen (secondary N) is 1. The van der Waals surface area contributed by atoms with Crippen molar-refractivity contribution in [3.63, 3.8) is 0 Å². The van der Waals surface area contributed by atoms with Crippen molar-refractivity contribution in [3.05, 3.63) is 58.6 Å². The molecule has 7 nitrogen and oxygen atoms in total. The molecule has 0 aliphatic heterocycles. The molecule has 1 saturated carbocycles. The number of aromatic nitrogens is 3. The highest BCUT2D eigenvalue weighted by molar-refractivity contribution is 5.79. The number of ether oxygens (including phenoxy) is 1. The second-order valence-electron chi connectivity index (χ2n) is 7.73. The van der Waals surface area contributed by atoms with E-state index in [0.29, 0.717) is 24.3 Å². The molecule has 0 atom stereocenters. The summed E-state index contributed by atoms with van der Waals surface area (Å²) < 4.78 is 8.78. The van der Waals surface area contributed by atoms with E-state index in [0.717, 1.165) is 37.0 Å². The van der Waals surface area contributed by atoms with Crippen molar-refractivity contribution in [3.8, 4) is 5.75 Å². The van der Waals surface area contributed by atoms with Gasteiger partial charge in [-0.3, -0.25) is 13.9 Å². The lowest BCUT2D eigenvalue weighted by atomic mass is 9.95. The molecule has 1 fully saturated rings. The number of fused-ring (bicyclic) bond motifs is 1. The monoisotopic (exact) mass is 408 g/mol. The smallest absolute Gasteiger partial charge is 0.331 e. The van der Waals surface area contributed by atoms with Crippen LogP contribution in [0.3, 0.4) is 0 Å². The summed E-state index contributed by atoms with van der Waals surface area (Å²) >= 11 is 0. The molecule has 1 amide bonds. The Kier molecular flexibility index (Phi) is 6.16. The molecule has 0 radical (unpaired) electrons. The molecule has 4 rings (SSSR count). The largest absolute Gasteiger partial charge is 0.494 e. The SMILES string of the molecule is CCOc1ccc(CNC(=O)Cn2c(=O)n(C3CCCCC3)c3ncccc32)cc1. The number of carbonyl (C=O) groups excluding carboxylic acids is 1. The van der Waals surface area contributed by atoms with E-state index in [1.807, 2.05) is 37.3 Å². The number of rotatable bonds is 7. The Morgan fingerprint density at radius 1 is 1.17 bits per heavy atom. The van der Waals surface area contributed by atoms with Gasteiger partial charge in [-0.15, -0.1) is 0 Å². The van der Waals surface area contributed by atoms with Gasteiger partial charge in [-0.25, -0.2) is 9.78 Å². The average molecular weight is 409 g/mol. The highest BCUT2D eigenvalue weighted by Gasteiger charge is 2.23. The zero-order valence-electron chi connectivity index (χ0n) is 17.3. The molecule has 1 aliphatic rings. The van der Waals surface area contributed by atoms with Crippen LogP contribution in [-0.4, -0.2) is 26.6 Å². The number of hydrogen-bond donors (Lipinski definition) is 1. The first kappa shape index (κ1) is 20.2. The number of imidazole rings is 1. The second kappa shape index (κ2) is 9.15. The lowest BCUT2D eigenvalue weighted by molar-refractivity contribution is -0.121. The first-order valence-electron chi connectivity index (χ1n) is 10.7. The molecule has 0 spiro atoms. The van der Waals surface area contributed by atoms with Gasteiger partial charge in [0.05, 0.1) is 12.1 Å². The Morgan fingerprint density at radius 2 is 1.93 bits per heavy atom. The van der Waals surface area contributed by atoms with Crippen molar-refractivity contribution in [1.29, 1.82) is 0 Å². The van der Waals surface area contributed by atoms with Gasteiger partial charge in [0.1, 0.15) is 12.3 Å². The van der Waals surface area contributed by atoms with E-state index in [4.69, 9.17) is 4.74 Å². The van der Waals surface area contributed by atoms with Crippen molar-refractivity contribution in [2.75, 3.05) is 6.61 Å². The molecule has 0 saturated heterocycles. The normalized spacial score (nSPS) is 14.7.